The number of nitrogens with zero attached hydrogens (tertiary/aromatic N) is 3. The average molecular weight is 396 g/mol. The highest BCUT2D eigenvalue weighted by atomic mass is 32.1. The summed E-state index contributed by atoms with van der Waals surface area (Å²) in [6.45, 7) is -0.348. The van der Waals surface area contributed by atoms with Gasteiger partial charge in [-0.2, -0.15) is 5.10 Å². The molecule has 1 N–H and O–H groups in total. The third-order valence-corrected chi connectivity index (χ3v) is 5.63. The van der Waals surface area contributed by atoms with Crippen molar-refractivity contribution in [2.24, 2.45) is 0 Å². The molecule has 4 rings (SSSR count). The first-order valence-corrected chi connectivity index (χ1v) is 10.0. The number of rotatable bonds is 6. The van der Waals surface area contributed by atoms with E-state index >= 15 is 0 Å². The fourth-order valence-corrected chi connectivity index (χ4v) is 4.19. The second-order valence-corrected chi connectivity index (χ2v) is 7.67. The molecule has 3 aromatic rings. The Balaban J connectivity index is 1.28. The number of amides is 1. The number of para-hydroxylation sites is 1. The van der Waals surface area contributed by atoms with Crippen molar-refractivity contribution in [3.63, 3.8) is 0 Å². The number of carbonyl (C=O) groups is 2. The number of hydrogen-bond donors (Lipinski definition) is 1. The first-order chi connectivity index (χ1) is 13.7. The summed E-state index contributed by atoms with van der Waals surface area (Å²) in [5, 5.41) is 7.78. The van der Waals surface area contributed by atoms with E-state index in [9.17, 15) is 9.59 Å². The number of hydrogen-bond acceptors (Lipinski definition) is 6. The zero-order valence-corrected chi connectivity index (χ0v) is 16.0. The van der Waals surface area contributed by atoms with Gasteiger partial charge >= 0.3 is 5.97 Å². The molecular weight excluding hydrogens is 376 g/mol. The summed E-state index contributed by atoms with van der Waals surface area (Å²) in [5.41, 5.74) is 0.888. The van der Waals surface area contributed by atoms with Gasteiger partial charge in [-0.3, -0.25) is 4.79 Å². The molecule has 1 aliphatic carbocycles. The summed E-state index contributed by atoms with van der Waals surface area (Å²) in [7, 11) is 0. The number of benzene rings is 1. The lowest BCUT2D eigenvalue weighted by atomic mass is 10.2. The molecule has 0 saturated heterocycles. The van der Waals surface area contributed by atoms with E-state index in [0.717, 1.165) is 23.1 Å². The Bertz CT molecular complexity index is 984. The van der Waals surface area contributed by atoms with Crippen molar-refractivity contribution >= 4 is 45.3 Å². The van der Waals surface area contributed by atoms with Crippen LogP contribution in [-0.2, 0) is 14.3 Å². The largest absolute Gasteiger partial charge is 0.452 e. The van der Waals surface area contributed by atoms with Crippen LogP contribution in [0.1, 0.15) is 36.7 Å². The first kappa shape index (κ1) is 18.4. The molecule has 0 atom stereocenters. The summed E-state index contributed by atoms with van der Waals surface area (Å²) < 4.78 is 7.92. The topological polar surface area (TPSA) is 86.1 Å². The van der Waals surface area contributed by atoms with Crippen LogP contribution in [0.3, 0.4) is 0 Å². The molecule has 0 unspecified atom stereocenters. The number of ether oxygens (including phenoxy) is 1. The van der Waals surface area contributed by atoms with Crippen molar-refractivity contribution in [3.05, 3.63) is 47.6 Å². The average Bonchev–Trinajstić information content (AvgIpc) is 3.43. The molecule has 1 saturated carbocycles. The first-order valence-electron chi connectivity index (χ1n) is 9.23. The summed E-state index contributed by atoms with van der Waals surface area (Å²) in [5.74, 6) is -0.335. The van der Waals surface area contributed by atoms with Crippen LogP contribution < -0.4 is 5.32 Å². The van der Waals surface area contributed by atoms with Crippen LogP contribution in [0.25, 0.3) is 16.3 Å². The molecule has 1 fully saturated rings. The van der Waals surface area contributed by atoms with E-state index in [4.69, 9.17) is 4.74 Å². The van der Waals surface area contributed by atoms with Crippen LogP contribution in [0.2, 0.25) is 0 Å². The standard InChI is InChI=1S/C20H20N4O3S/c25-18(23-17-11-12-21-24(17)14-5-1-2-6-14)13-27-20(26)10-9-19-22-15-7-3-4-8-16(15)28-19/h3-4,7-12,14H,1-2,5-6,13H2,(H,23,25)/b10-9+. The Kier molecular flexibility index (Phi) is 5.48. The Morgan fingerprint density at radius 1 is 1.25 bits per heavy atom. The van der Waals surface area contributed by atoms with Crippen LogP contribution in [0.4, 0.5) is 5.82 Å². The summed E-state index contributed by atoms with van der Waals surface area (Å²) in [6, 6.07) is 9.83. The van der Waals surface area contributed by atoms with Gasteiger partial charge in [-0.25, -0.2) is 14.5 Å². The molecule has 7 nitrogen and oxygen atoms in total. The fraction of sp³-hybridized carbons (Fsp3) is 0.300. The Morgan fingerprint density at radius 2 is 2.07 bits per heavy atom. The summed E-state index contributed by atoms with van der Waals surface area (Å²) in [6.07, 6.45) is 9.04. The van der Waals surface area contributed by atoms with Gasteiger partial charge in [0.15, 0.2) is 6.61 Å². The molecule has 0 aliphatic heterocycles. The molecule has 1 aliphatic rings. The molecule has 2 aromatic heterocycles. The van der Waals surface area contributed by atoms with E-state index in [1.54, 1.807) is 18.3 Å². The second kappa shape index (κ2) is 8.35. The minimum Gasteiger partial charge on any atom is -0.452 e. The maximum absolute atomic E-state index is 12.1. The number of aromatic nitrogens is 3. The lowest BCUT2D eigenvalue weighted by molar-refractivity contribution is -0.142. The molecule has 0 bridgehead atoms. The maximum atomic E-state index is 12.1. The van der Waals surface area contributed by atoms with Crippen molar-refractivity contribution in [1.29, 1.82) is 0 Å². The normalized spacial score (nSPS) is 14.7. The lowest BCUT2D eigenvalue weighted by Gasteiger charge is -2.14. The Hall–Kier alpha value is -3.00. The smallest absolute Gasteiger partial charge is 0.331 e. The molecule has 0 spiro atoms. The molecule has 8 heteroatoms. The van der Waals surface area contributed by atoms with Gasteiger partial charge in [-0.1, -0.05) is 25.0 Å². The zero-order valence-electron chi connectivity index (χ0n) is 15.2. The van der Waals surface area contributed by atoms with Crippen molar-refractivity contribution < 1.29 is 14.3 Å². The van der Waals surface area contributed by atoms with Crippen molar-refractivity contribution in [2.75, 3.05) is 11.9 Å². The minimum atomic E-state index is -0.585. The molecular formula is C20H20N4O3S. The Morgan fingerprint density at radius 3 is 2.89 bits per heavy atom. The summed E-state index contributed by atoms with van der Waals surface area (Å²) in [4.78, 5) is 28.4. The maximum Gasteiger partial charge on any atom is 0.331 e. The van der Waals surface area contributed by atoms with E-state index in [1.165, 1.54) is 30.3 Å². The zero-order chi connectivity index (χ0) is 19.3. The number of nitrogens with one attached hydrogen (secondary N) is 1. The third kappa shape index (κ3) is 4.28. The fourth-order valence-electron chi connectivity index (χ4n) is 3.32. The lowest BCUT2D eigenvalue weighted by Crippen LogP contribution is -2.22. The predicted octanol–water partition coefficient (Wildman–Crippen LogP) is 3.80. The molecule has 144 valence electrons. The van der Waals surface area contributed by atoms with Crippen LogP contribution in [0, 0.1) is 0 Å². The van der Waals surface area contributed by atoms with Crippen LogP contribution in [0.5, 0.6) is 0 Å². The number of carbonyl (C=O) groups excluding carboxylic acids is 2. The quantitative estimate of drug-likeness (QED) is 0.506. The molecule has 0 radical (unpaired) electrons. The highest BCUT2D eigenvalue weighted by molar-refractivity contribution is 7.19. The van der Waals surface area contributed by atoms with E-state index in [0.29, 0.717) is 16.9 Å². The van der Waals surface area contributed by atoms with Gasteiger partial charge in [0.1, 0.15) is 10.8 Å². The van der Waals surface area contributed by atoms with Crippen molar-refractivity contribution in [3.8, 4) is 0 Å². The molecule has 28 heavy (non-hydrogen) atoms. The predicted molar refractivity (Wildman–Crippen MR) is 108 cm³/mol. The number of esters is 1. The second-order valence-electron chi connectivity index (χ2n) is 6.61. The van der Waals surface area contributed by atoms with Crippen molar-refractivity contribution in [2.45, 2.75) is 31.7 Å². The van der Waals surface area contributed by atoms with E-state index in [2.05, 4.69) is 15.4 Å². The summed E-state index contributed by atoms with van der Waals surface area (Å²) >= 11 is 1.49. The van der Waals surface area contributed by atoms with Gasteiger partial charge < -0.3 is 10.1 Å². The van der Waals surface area contributed by atoms with Gasteiger partial charge in [0, 0.05) is 12.1 Å². The molecule has 1 amide bonds. The Labute approximate surface area is 166 Å². The van der Waals surface area contributed by atoms with Crippen LogP contribution in [-0.4, -0.2) is 33.2 Å². The van der Waals surface area contributed by atoms with Gasteiger partial charge in [-0.15, -0.1) is 11.3 Å². The van der Waals surface area contributed by atoms with E-state index in [1.807, 2.05) is 28.9 Å². The van der Waals surface area contributed by atoms with Crippen LogP contribution >= 0.6 is 11.3 Å². The van der Waals surface area contributed by atoms with Gasteiger partial charge in [0.2, 0.25) is 0 Å². The monoisotopic (exact) mass is 396 g/mol. The van der Waals surface area contributed by atoms with Gasteiger partial charge in [0.25, 0.3) is 5.91 Å². The third-order valence-electron chi connectivity index (χ3n) is 4.63. The highest BCUT2D eigenvalue weighted by Crippen LogP contribution is 2.31. The highest BCUT2D eigenvalue weighted by Gasteiger charge is 2.20. The van der Waals surface area contributed by atoms with Crippen LogP contribution in [0.15, 0.2) is 42.6 Å². The van der Waals surface area contributed by atoms with Gasteiger partial charge in [0.05, 0.1) is 22.5 Å². The van der Waals surface area contributed by atoms with E-state index < -0.39 is 5.97 Å². The number of thiazole rings is 1. The van der Waals surface area contributed by atoms with Gasteiger partial charge in [-0.05, 0) is 31.1 Å². The molecule has 1 aromatic carbocycles. The SMILES string of the molecule is O=C(COC(=O)/C=C/c1nc2ccccc2s1)Nc1ccnn1C1CCCC1. The van der Waals surface area contributed by atoms with Crippen molar-refractivity contribution in [1.82, 2.24) is 14.8 Å². The number of anilines is 1. The molecule has 2 heterocycles. The number of fused-ring (bicyclic) bond motifs is 1. The minimum absolute atomic E-state index is 0.324. The van der Waals surface area contributed by atoms with E-state index in [-0.39, 0.29) is 12.5 Å².